The van der Waals surface area contributed by atoms with Crippen LogP contribution in [0.15, 0.2) is 53.1 Å². The summed E-state index contributed by atoms with van der Waals surface area (Å²) in [6, 6.07) is 14.4. The largest absolute Gasteiger partial charge is 0.493 e. The minimum atomic E-state index is -0.597. The van der Waals surface area contributed by atoms with Gasteiger partial charge in [0.05, 0.1) is 14.2 Å². The fourth-order valence-electron chi connectivity index (χ4n) is 2.47. The van der Waals surface area contributed by atoms with E-state index in [4.69, 9.17) is 18.7 Å². The Hall–Kier alpha value is -3.28. The molecule has 0 bridgehead atoms. The van der Waals surface area contributed by atoms with Gasteiger partial charge in [-0.2, -0.15) is 0 Å². The normalized spacial score (nSPS) is 10.4. The standard InChI is InChI=1S/C19H17NO5/c1-12-16(17(20-25-12)13-8-5-4-6-9-13)19(21)24-18-14(22-2)10-7-11-15(18)23-3/h4-11H,1-3H3. The van der Waals surface area contributed by atoms with E-state index in [0.717, 1.165) is 5.56 Å². The third-order valence-electron chi connectivity index (χ3n) is 3.69. The summed E-state index contributed by atoms with van der Waals surface area (Å²) in [5.41, 5.74) is 1.45. The fraction of sp³-hybridized carbons (Fsp3) is 0.158. The van der Waals surface area contributed by atoms with Crippen molar-refractivity contribution < 1.29 is 23.5 Å². The molecule has 1 aromatic heterocycles. The van der Waals surface area contributed by atoms with Gasteiger partial charge in [-0.05, 0) is 19.1 Å². The third-order valence-corrected chi connectivity index (χ3v) is 3.69. The maximum absolute atomic E-state index is 12.8. The number of nitrogens with zero attached hydrogens (tertiary/aromatic N) is 1. The number of ether oxygens (including phenoxy) is 3. The maximum Gasteiger partial charge on any atom is 0.349 e. The highest BCUT2D eigenvalue weighted by atomic mass is 16.6. The molecule has 0 spiro atoms. The average Bonchev–Trinajstić information content (AvgIpc) is 3.04. The van der Waals surface area contributed by atoms with Gasteiger partial charge in [-0.15, -0.1) is 0 Å². The molecule has 25 heavy (non-hydrogen) atoms. The number of carbonyl (C=O) groups excluding carboxylic acids is 1. The molecule has 2 aromatic carbocycles. The summed E-state index contributed by atoms with van der Waals surface area (Å²) >= 11 is 0. The smallest absolute Gasteiger partial charge is 0.349 e. The summed E-state index contributed by atoms with van der Waals surface area (Å²) in [6.07, 6.45) is 0. The molecule has 0 saturated carbocycles. The van der Waals surface area contributed by atoms with Crippen LogP contribution in [0.1, 0.15) is 16.1 Å². The second kappa shape index (κ2) is 7.09. The van der Waals surface area contributed by atoms with Gasteiger partial charge >= 0.3 is 5.97 Å². The van der Waals surface area contributed by atoms with Gasteiger partial charge in [0.2, 0.25) is 5.75 Å². The Labute approximate surface area is 144 Å². The van der Waals surface area contributed by atoms with Crippen molar-refractivity contribution in [3.8, 4) is 28.5 Å². The van der Waals surface area contributed by atoms with Gasteiger partial charge in [0.15, 0.2) is 11.5 Å². The molecule has 0 atom stereocenters. The minimum absolute atomic E-state index is 0.206. The molecule has 0 N–H and O–H groups in total. The molecule has 128 valence electrons. The molecule has 3 aromatic rings. The lowest BCUT2D eigenvalue weighted by atomic mass is 10.1. The van der Waals surface area contributed by atoms with E-state index in [0.29, 0.717) is 23.0 Å². The number of esters is 1. The molecule has 0 aliphatic rings. The summed E-state index contributed by atoms with van der Waals surface area (Å²) in [6.45, 7) is 1.66. The first-order chi connectivity index (χ1) is 12.2. The van der Waals surface area contributed by atoms with E-state index < -0.39 is 5.97 Å². The molecule has 0 unspecified atom stereocenters. The van der Waals surface area contributed by atoms with Crippen molar-refractivity contribution in [1.82, 2.24) is 5.16 Å². The van der Waals surface area contributed by atoms with Crippen molar-refractivity contribution in [2.75, 3.05) is 14.2 Å². The Morgan fingerprint density at radius 2 is 1.60 bits per heavy atom. The number of rotatable bonds is 5. The second-order valence-corrected chi connectivity index (χ2v) is 5.21. The molecule has 0 amide bonds. The van der Waals surface area contributed by atoms with Crippen LogP contribution in [-0.4, -0.2) is 25.3 Å². The van der Waals surface area contributed by atoms with Crippen molar-refractivity contribution in [2.24, 2.45) is 0 Å². The number of hydrogen-bond donors (Lipinski definition) is 0. The quantitative estimate of drug-likeness (QED) is 0.519. The van der Waals surface area contributed by atoms with Gasteiger partial charge in [-0.3, -0.25) is 0 Å². The molecule has 6 heteroatoms. The van der Waals surface area contributed by atoms with Crippen molar-refractivity contribution in [3.63, 3.8) is 0 Å². The zero-order chi connectivity index (χ0) is 17.8. The van der Waals surface area contributed by atoms with E-state index in [1.165, 1.54) is 14.2 Å². The molecule has 0 radical (unpaired) electrons. The van der Waals surface area contributed by atoms with Gasteiger partial charge < -0.3 is 18.7 Å². The van der Waals surface area contributed by atoms with Crippen molar-refractivity contribution in [3.05, 3.63) is 59.9 Å². The van der Waals surface area contributed by atoms with Crippen molar-refractivity contribution in [2.45, 2.75) is 6.92 Å². The maximum atomic E-state index is 12.8. The van der Waals surface area contributed by atoms with Gasteiger partial charge in [-0.25, -0.2) is 4.79 Å². The summed E-state index contributed by atoms with van der Waals surface area (Å²) in [4.78, 5) is 12.8. The molecular formula is C19H17NO5. The first-order valence-electron chi connectivity index (χ1n) is 7.60. The van der Waals surface area contributed by atoms with Crippen LogP contribution in [0.5, 0.6) is 17.2 Å². The summed E-state index contributed by atoms with van der Waals surface area (Å²) in [5.74, 6) is 0.765. The summed E-state index contributed by atoms with van der Waals surface area (Å²) < 4.78 is 21.3. The Balaban J connectivity index is 2.00. The van der Waals surface area contributed by atoms with Gasteiger partial charge in [0.1, 0.15) is 17.0 Å². The lowest BCUT2D eigenvalue weighted by molar-refractivity contribution is 0.0723. The predicted molar refractivity (Wildman–Crippen MR) is 91.2 cm³/mol. The number of methoxy groups -OCH3 is 2. The third kappa shape index (κ3) is 3.19. The zero-order valence-corrected chi connectivity index (χ0v) is 14.1. The predicted octanol–water partition coefficient (Wildman–Crippen LogP) is 3.89. The van der Waals surface area contributed by atoms with Crippen LogP contribution in [0.25, 0.3) is 11.3 Å². The summed E-state index contributed by atoms with van der Waals surface area (Å²) in [5, 5.41) is 4.00. The average molecular weight is 339 g/mol. The van der Waals surface area contributed by atoms with E-state index in [9.17, 15) is 4.79 Å². The van der Waals surface area contributed by atoms with Gasteiger partial charge in [-0.1, -0.05) is 41.6 Å². The number of hydrogen-bond acceptors (Lipinski definition) is 6. The lowest BCUT2D eigenvalue weighted by Crippen LogP contribution is -2.12. The topological polar surface area (TPSA) is 70.8 Å². The van der Waals surface area contributed by atoms with E-state index in [1.54, 1.807) is 25.1 Å². The Bertz CT molecular complexity index is 864. The number of aryl methyl sites for hydroxylation is 1. The fourth-order valence-corrected chi connectivity index (χ4v) is 2.47. The van der Waals surface area contributed by atoms with E-state index in [2.05, 4.69) is 5.16 Å². The summed E-state index contributed by atoms with van der Waals surface area (Å²) in [7, 11) is 2.98. The molecule has 0 saturated heterocycles. The SMILES string of the molecule is COc1cccc(OC)c1OC(=O)c1c(-c2ccccc2)noc1C. The molecule has 0 aliphatic heterocycles. The first-order valence-corrected chi connectivity index (χ1v) is 7.60. The highest BCUT2D eigenvalue weighted by Crippen LogP contribution is 2.38. The van der Waals surface area contributed by atoms with Crippen LogP contribution in [0, 0.1) is 6.92 Å². The van der Waals surface area contributed by atoms with E-state index >= 15 is 0 Å². The van der Waals surface area contributed by atoms with Crippen LogP contribution in [-0.2, 0) is 0 Å². The number of aromatic nitrogens is 1. The van der Waals surface area contributed by atoms with Crippen LogP contribution in [0.2, 0.25) is 0 Å². The molecule has 1 heterocycles. The Kier molecular flexibility index (Phi) is 4.70. The van der Waals surface area contributed by atoms with Crippen molar-refractivity contribution in [1.29, 1.82) is 0 Å². The Morgan fingerprint density at radius 3 is 2.20 bits per heavy atom. The highest BCUT2D eigenvalue weighted by molar-refractivity contribution is 5.98. The monoisotopic (exact) mass is 339 g/mol. The molecule has 0 fully saturated rings. The molecule has 0 aliphatic carbocycles. The van der Waals surface area contributed by atoms with Crippen LogP contribution >= 0.6 is 0 Å². The second-order valence-electron chi connectivity index (χ2n) is 5.21. The number of benzene rings is 2. The van der Waals surface area contributed by atoms with Crippen LogP contribution in [0.4, 0.5) is 0 Å². The number of carbonyl (C=O) groups is 1. The number of para-hydroxylation sites is 1. The minimum Gasteiger partial charge on any atom is -0.493 e. The van der Waals surface area contributed by atoms with Crippen molar-refractivity contribution >= 4 is 5.97 Å². The van der Waals surface area contributed by atoms with Crippen LogP contribution in [0.3, 0.4) is 0 Å². The Morgan fingerprint density at radius 1 is 0.960 bits per heavy atom. The lowest BCUT2D eigenvalue weighted by Gasteiger charge is -2.12. The molecule has 3 rings (SSSR count). The molecule has 6 nitrogen and oxygen atoms in total. The van der Waals surface area contributed by atoms with E-state index in [-0.39, 0.29) is 11.3 Å². The first kappa shape index (κ1) is 16.6. The van der Waals surface area contributed by atoms with Crippen LogP contribution < -0.4 is 14.2 Å². The molecular weight excluding hydrogens is 322 g/mol. The van der Waals surface area contributed by atoms with E-state index in [1.807, 2.05) is 30.3 Å². The highest BCUT2D eigenvalue weighted by Gasteiger charge is 2.25. The van der Waals surface area contributed by atoms with Gasteiger partial charge in [0, 0.05) is 5.56 Å². The zero-order valence-electron chi connectivity index (χ0n) is 14.1. The van der Waals surface area contributed by atoms with Gasteiger partial charge in [0.25, 0.3) is 0 Å².